The summed E-state index contributed by atoms with van der Waals surface area (Å²) < 4.78 is 34.4. The van der Waals surface area contributed by atoms with Crippen molar-refractivity contribution in [1.29, 1.82) is 5.41 Å². The molecule has 0 atom stereocenters. The van der Waals surface area contributed by atoms with Crippen LogP contribution in [0, 0.1) is 10.8 Å². The zero-order valence-corrected chi connectivity index (χ0v) is 25.4. The van der Waals surface area contributed by atoms with Gasteiger partial charge < -0.3 is 25.7 Å². The minimum atomic E-state index is -3.08. The van der Waals surface area contributed by atoms with Gasteiger partial charge in [0.1, 0.15) is 23.6 Å². The molecule has 1 aliphatic heterocycles. The number of rotatable bonds is 12. The summed E-state index contributed by atoms with van der Waals surface area (Å²) in [7, 11) is 0. The fraction of sp³-hybridized carbons (Fsp3) is 0.400. The summed E-state index contributed by atoms with van der Waals surface area (Å²) in [6.45, 7) is -1.23. The number of hydrogen-bond donors (Lipinski definition) is 3. The molecule has 0 radical (unpaired) electrons. The lowest BCUT2D eigenvalue weighted by atomic mass is 10.0. The van der Waals surface area contributed by atoms with Crippen LogP contribution in [0.2, 0.25) is 0 Å². The third-order valence-electron chi connectivity index (χ3n) is 8.28. The van der Waals surface area contributed by atoms with E-state index in [1.165, 1.54) is 39.4 Å². The van der Waals surface area contributed by atoms with E-state index in [1.807, 2.05) is 6.26 Å². The Labute approximate surface area is 262 Å². The largest absolute Gasteiger partial charge is 0.434 e. The van der Waals surface area contributed by atoms with Gasteiger partial charge in [-0.15, -0.1) is 11.8 Å². The molecule has 3 N–H and O–H groups in total. The van der Waals surface area contributed by atoms with Crippen LogP contribution >= 0.6 is 11.8 Å². The first-order valence-corrected chi connectivity index (χ1v) is 15.8. The summed E-state index contributed by atoms with van der Waals surface area (Å²) in [5, 5.41) is 22.8. The Kier molecular flexibility index (Phi) is 8.81. The maximum Gasteiger partial charge on any atom is 0.387 e. The molecule has 1 saturated heterocycles. The van der Waals surface area contributed by atoms with Gasteiger partial charge in [0.2, 0.25) is 5.91 Å². The molecular weight excluding hydrogens is 604 g/mol. The van der Waals surface area contributed by atoms with Crippen LogP contribution in [-0.4, -0.2) is 85.9 Å². The van der Waals surface area contributed by atoms with Crippen molar-refractivity contribution in [3.63, 3.8) is 0 Å². The van der Waals surface area contributed by atoms with E-state index < -0.39 is 12.5 Å². The number of carbonyl (C=O) groups is 2. The Bertz CT molecular complexity index is 1710. The second-order valence-corrected chi connectivity index (χ2v) is 12.2. The summed E-state index contributed by atoms with van der Waals surface area (Å²) in [4.78, 5) is 33.6. The number of amides is 2. The zero-order chi connectivity index (χ0) is 31.6. The Morgan fingerprint density at radius 1 is 1.27 bits per heavy atom. The van der Waals surface area contributed by atoms with Crippen molar-refractivity contribution in [3.8, 4) is 17.0 Å². The average Bonchev–Trinajstić information content (AvgIpc) is 3.53. The number of piperidine rings is 1. The Hall–Kier alpha value is -4.37. The molecule has 6 rings (SSSR count). The van der Waals surface area contributed by atoms with Gasteiger partial charge >= 0.3 is 6.61 Å². The van der Waals surface area contributed by atoms with Crippen molar-refractivity contribution >= 4 is 41.1 Å². The van der Waals surface area contributed by atoms with E-state index in [4.69, 9.17) is 10.1 Å². The fourth-order valence-electron chi connectivity index (χ4n) is 5.44. The molecule has 0 spiro atoms. The number of likely N-dealkylation sites (tertiary alicyclic amines) is 1. The number of fused-ring (bicyclic) bond motifs is 1. The van der Waals surface area contributed by atoms with E-state index in [9.17, 15) is 18.4 Å². The highest BCUT2D eigenvalue weighted by Gasteiger charge is 2.40. The van der Waals surface area contributed by atoms with E-state index in [0.717, 1.165) is 37.1 Å². The summed E-state index contributed by atoms with van der Waals surface area (Å²) >= 11 is 1.41. The standard InChI is InChI=1S/C30H33F2N9O3S/c1-45-20-3-4-24(44-29(31)32)21(13-20)26-23(37-28(43)22-14-36-41-10-2-9-34-27(22)41)15-40(38-26)16-25(42)39-11-5-19(6-12-39)35-18-30(17-33)7-8-30/h2-4,9-10,13-15,17,19,29,33,35H,5-8,11-12,16,18H2,1H3,(H,37,43). The molecule has 2 fully saturated rings. The SMILES string of the molecule is CSc1ccc(OC(F)F)c(-c2nn(CC(=O)N3CCC(NCC4(C=N)CC4)CC3)cc2NC(=O)c2cnn3cccnc23)c1. The van der Waals surface area contributed by atoms with Gasteiger partial charge in [0.05, 0.1) is 11.9 Å². The van der Waals surface area contributed by atoms with Gasteiger partial charge in [0.15, 0.2) is 5.65 Å². The summed E-state index contributed by atoms with van der Waals surface area (Å²) in [5.41, 5.74) is 1.19. The first kappa shape index (κ1) is 30.6. The first-order chi connectivity index (χ1) is 21.8. The molecular formula is C30H33F2N9O3S. The summed E-state index contributed by atoms with van der Waals surface area (Å²) in [6, 6.07) is 6.72. The third-order valence-corrected chi connectivity index (χ3v) is 9.00. The summed E-state index contributed by atoms with van der Waals surface area (Å²) in [5.74, 6) is -0.788. The average molecular weight is 638 g/mol. The second-order valence-electron chi connectivity index (χ2n) is 11.3. The van der Waals surface area contributed by atoms with Crippen LogP contribution in [0.5, 0.6) is 5.75 Å². The molecule has 4 aromatic rings. The number of benzene rings is 1. The number of nitrogens with one attached hydrogen (secondary N) is 3. The number of thioether (sulfide) groups is 1. The number of halogens is 2. The van der Waals surface area contributed by atoms with E-state index in [1.54, 1.807) is 41.7 Å². The van der Waals surface area contributed by atoms with Crippen molar-refractivity contribution in [1.82, 2.24) is 34.6 Å². The normalized spacial score (nSPS) is 16.2. The molecule has 0 unspecified atom stereocenters. The topological polar surface area (TPSA) is 143 Å². The molecule has 2 amide bonds. The van der Waals surface area contributed by atoms with Gasteiger partial charge in [-0.25, -0.2) is 9.50 Å². The lowest BCUT2D eigenvalue weighted by Gasteiger charge is -2.33. The molecule has 236 valence electrons. The molecule has 0 bridgehead atoms. The highest BCUT2D eigenvalue weighted by molar-refractivity contribution is 7.98. The minimum absolute atomic E-state index is 0.00916. The maximum atomic E-state index is 13.4. The van der Waals surface area contributed by atoms with E-state index in [2.05, 4.69) is 25.8 Å². The van der Waals surface area contributed by atoms with E-state index >= 15 is 0 Å². The number of aromatic nitrogens is 5. The van der Waals surface area contributed by atoms with Gasteiger partial charge in [-0.3, -0.25) is 14.3 Å². The van der Waals surface area contributed by atoms with Gasteiger partial charge in [-0.05, 0) is 56.2 Å². The van der Waals surface area contributed by atoms with Crippen LogP contribution in [0.1, 0.15) is 36.0 Å². The van der Waals surface area contributed by atoms with Crippen LogP contribution in [0.25, 0.3) is 16.9 Å². The van der Waals surface area contributed by atoms with Crippen molar-refractivity contribution in [2.24, 2.45) is 5.41 Å². The third kappa shape index (κ3) is 6.83. The van der Waals surface area contributed by atoms with Crippen molar-refractivity contribution in [2.75, 3.05) is 31.2 Å². The summed E-state index contributed by atoms with van der Waals surface area (Å²) in [6.07, 6.45) is 13.2. The van der Waals surface area contributed by atoms with Gasteiger partial charge in [-0.2, -0.15) is 19.0 Å². The number of nitrogens with zero attached hydrogens (tertiary/aromatic N) is 6. The maximum absolute atomic E-state index is 13.4. The van der Waals surface area contributed by atoms with Crippen molar-refractivity contribution in [3.05, 3.63) is 54.6 Å². The van der Waals surface area contributed by atoms with E-state index in [-0.39, 0.29) is 52.2 Å². The lowest BCUT2D eigenvalue weighted by Crippen LogP contribution is -2.47. The number of carbonyl (C=O) groups excluding carboxylic acids is 2. The van der Waals surface area contributed by atoms with Crippen LogP contribution in [0.4, 0.5) is 14.5 Å². The monoisotopic (exact) mass is 637 g/mol. The molecule has 15 heteroatoms. The Morgan fingerprint density at radius 3 is 2.78 bits per heavy atom. The second kappa shape index (κ2) is 12.9. The molecule has 3 aromatic heterocycles. The van der Waals surface area contributed by atoms with Crippen LogP contribution in [0.15, 0.2) is 53.9 Å². The smallest absolute Gasteiger partial charge is 0.387 e. The molecule has 4 heterocycles. The van der Waals surface area contributed by atoms with Crippen molar-refractivity contribution in [2.45, 2.75) is 49.8 Å². The predicted molar refractivity (Wildman–Crippen MR) is 165 cm³/mol. The number of ether oxygens (including phenoxy) is 1. The van der Waals surface area contributed by atoms with Crippen LogP contribution in [0.3, 0.4) is 0 Å². The Morgan fingerprint density at radius 2 is 2.07 bits per heavy atom. The predicted octanol–water partition coefficient (Wildman–Crippen LogP) is 4.18. The van der Waals surface area contributed by atoms with Crippen LogP contribution < -0.4 is 15.4 Å². The van der Waals surface area contributed by atoms with Gasteiger partial charge in [-0.1, -0.05) is 0 Å². The zero-order valence-electron chi connectivity index (χ0n) is 24.6. The van der Waals surface area contributed by atoms with Gasteiger partial charge in [0, 0.05) is 66.4 Å². The quantitative estimate of drug-likeness (QED) is 0.155. The highest BCUT2D eigenvalue weighted by Crippen LogP contribution is 2.43. The van der Waals surface area contributed by atoms with Gasteiger partial charge in [0.25, 0.3) is 5.91 Å². The van der Waals surface area contributed by atoms with E-state index in [0.29, 0.717) is 18.7 Å². The minimum Gasteiger partial charge on any atom is -0.434 e. The molecule has 1 aromatic carbocycles. The molecule has 45 heavy (non-hydrogen) atoms. The number of hydrogen-bond acceptors (Lipinski definition) is 9. The molecule has 2 aliphatic rings. The lowest BCUT2D eigenvalue weighted by molar-refractivity contribution is -0.133. The molecule has 1 aliphatic carbocycles. The highest BCUT2D eigenvalue weighted by atomic mass is 32.2. The fourth-order valence-corrected chi connectivity index (χ4v) is 5.88. The van der Waals surface area contributed by atoms with Crippen LogP contribution in [-0.2, 0) is 11.3 Å². The number of anilines is 1. The first-order valence-electron chi connectivity index (χ1n) is 14.6. The molecule has 1 saturated carbocycles. The number of alkyl halides is 2. The van der Waals surface area contributed by atoms with Crippen molar-refractivity contribution < 1.29 is 23.1 Å². The Balaban J connectivity index is 1.23. The molecule has 12 nitrogen and oxygen atoms in total.